The minimum atomic E-state index is -4.13. The lowest BCUT2D eigenvalue weighted by Gasteiger charge is -2.24. The van der Waals surface area contributed by atoms with E-state index in [4.69, 9.17) is 0 Å². The van der Waals surface area contributed by atoms with Crippen molar-refractivity contribution < 1.29 is 17.6 Å². The third-order valence-electron chi connectivity index (χ3n) is 5.29. The third-order valence-corrected chi connectivity index (χ3v) is 7.08. The molecule has 0 saturated carbocycles. The van der Waals surface area contributed by atoms with E-state index in [0.29, 0.717) is 22.8 Å². The predicted octanol–water partition coefficient (Wildman–Crippen LogP) is 4.46. The van der Waals surface area contributed by atoms with E-state index in [1.165, 1.54) is 12.1 Å². The van der Waals surface area contributed by atoms with Crippen molar-refractivity contribution in [3.8, 4) is 5.69 Å². The van der Waals surface area contributed by atoms with Crippen LogP contribution in [0.2, 0.25) is 0 Å². The van der Waals surface area contributed by atoms with Gasteiger partial charge in [-0.25, -0.2) is 17.5 Å². The average Bonchev–Trinajstić information content (AvgIpc) is 3.12. The summed E-state index contributed by atoms with van der Waals surface area (Å²) in [5.74, 6) is -1.09. The predicted molar refractivity (Wildman–Crippen MR) is 129 cm³/mol. The molecule has 1 amide bonds. The summed E-state index contributed by atoms with van der Waals surface area (Å²) in [5, 5.41) is 7.32. The van der Waals surface area contributed by atoms with Gasteiger partial charge in [0.25, 0.3) is 10.0 Å². The summed E-state index contributed by atoms with van der Waals surface area (Å²) in [6.07, 6.45) is 0. The maximum Gasteiger partial charge on any atom is 0.264 e. The summed E-state index contributed by atoms with van der Waals surface area (Å²) >= 11 is 0. The Morgan fingerprint density at radius 2 is 1.53 bits per heavy atom. The molecule has 0 aliphatic rings. The maximum absolute atomic E-state index is 13.4. The van der Waals surface area contributed by atoms with Gasteiger partial charge in [0.05, 0.1) is 33.3 Å². The van der Waals surface area contributed by atoms with Crippen molar-refractivity contribution in [1.82, 2.24) is 9.78 Å². The smallest absolute Gasteiger partial charge is 0.264 e. The van der Waals surface area contributed by atoms with Crippen LogP contribution in [0.3, 0.4) is 0 Å². The standard InChI is InChI=1S/C25H23FN4O3S/c1-18-25(19(2)30(28-18)22-11-7-4-8-12-22)27-24(31)17-29(21-9-5-3-6-10-21)34(32,33)23-15-13-20(26)14-16-23/h3-16H,17H2,1-2H3,(H,27,31). The van der Waals surface area contributed by atoms with E-state index < -0.39 is 28.3 Å². The molecule has 174 valence electrons. The van der Waals surface area contributed by atoms with Crippen molar-refractivity contribution in [3.05, 3.63) is 102 Å². The monoisotopic (exact) mass is 478 g/mol. The van der Waals surface area contributed by atoms with E-state index in [9.17, 15) is 17.6 Å². The molecule has 1 aromatic heterocycles. The fraction of sp³-hybridized carbons (Fsp3) is 0.120. The van der Waals surface area contributed by atoms with Gasteiger partial charge in [-0.15, -0.1) is 0 Å². The Hall–Kier alpha value is -3.98. The summed E-state index contributed by atoms with van der Waals surface area (Å²) in [6, 6.07) is 22.3. The molecule has 34 heavy (non-hydrogen) atoms. The largest absolute Gasteiger partial charge is 0.321 e. The Morgan fingerprint density at radius 1 is 0.941 bits per heavy atom. The van der Waals surface area contributed by atoms with Gasteiger partial charge in [0.1, 0.15) is 12.4 Å². The van der Waals surface area contributed by atoms with Crippen molar-refractivity contribution in [2.24, 2.45) is 0 Å². The molecular weight excluding hydrogens is 455 g/mol. The van der Waals surface area contributed by atoms with Gasteiger partial charge in [0, 0.05) is 0 Å². The van der Waals surface area contributed by atoms with Crippen molar-refractivity contribution in [3.63, 3.8) is 0 Å². The Bertz CT molecular complexity index is 1400. The number of rotatable bonds is 7. The molecule has 3 aromatic carbocycles. The van der Waals surface area contributed by atoms with E-state index in [1.54, 1.807) is 41.9 Å². The van der Waals surface area contributed by atoms with Crippen LogP contribution < -0.4 is 9.62 Å². The van der Waals surface area contributed by atoms with Crippen LogP contribution in [0.1, 0.15) is 11.4 Å². The van der Waals surface area contributed by atoms with Crippen LogP contribution in [0.5, 0.6) is 0 Å². The number of halogens is 1. The van der Waals surface area contributed by atoms with Crippen LogP contribution in [0.4, 0.5) is 15.8 Å². The number of nitrogens with zero attached hydrogens (tertiary/aromatic N) is 3. The molecule has 4 aromatic rings. The topological polar surface area (TPSA) is 84.3 Å². The highest BCUT2D eigenvalue weighted by molar-refractivity contribution is 7.92. The molecule has 0 unspecified atom stereocenters. The van der Waals surface area contributed by atoms with Gasteiger partial charge in [-0.2, -0.15) is 5.10 Å². The number of aromatic nitrogens is 2. The Morgan fingerprint density at radius 3 is 2.15 bits per heavy atom. The number of sulfonamides is 1. The van der Waals surface area contributed by atoms with Gasteiger partial charge in [0.2, 0.25) is 5.91 Å². The molecule has 0 spiro atoms. The second-order valence-corrected chi connectivity index (χ2v) is 9.50. The number of hydrogen-bond donors (Lipinski definition) is 1. The summed E-state index contributed by atoms with van der Waals surface area (Å²) in [5.41, 5.74) is 2.98. The molecule has 9 heteroatoms. The lowest BCUT2D eigenvalue weighted by Crippen LogP contribution is -2.38. The SMILES string of the molecule is Cc1nn(-c2ccccc2)c(C)c1NC(=O)CN(c1ccccc1)S(=O)(=O)c1ccc(F)cc1. The maximum atomic E-state index is 13.4. The Balaban J connectivity index is 1.64. The van der Waals surface area contributed by atoms with Gasteiger partial charge < -0.3 is 5.32 Å². The summed E-state index contributed by atoms with van der Waals surface area (Å²) in [6.45, 7) is 3.12. The van der Waals surface area contributed by atoms with Crippen LogP contribution in [0.15, 0.2) is 89.8 Å². The zero-order chi connectivity index (χ0) is 24.3. The minimum Gasteiger partial charge on any atom is -0.321 e. The fourth-order valence-corrected chi connectivity index (χ4v) is 5.02. The van der Waals surface area contributed by atoms with E-state index >= 15 is 0 Å². The van der Waals surface area contributed by atoms with Crippen LogP contribution in [0, 0.1) is 19.7 Å². The number of aryl methyl sites for hydroxylation is 1. The van der Waals surface area contributed by atoms with Crippen LogP contribution in [0.25, 0.3) is 5.69 Å². The van der Waals surface area contributed by atoms with Crippen LogP contribution in [-0.2, 0) is 14.8 Å². The molecule has 0 saturated heterocycles. The van der Waals surface area contributed by atoms with Gasteiger partial charge in [0.15, 0.2) is 0 Å². The number of carbonyl (C=O) groups is 1. The lowest BCUT2D eigenvalue weighted by molar-refractivity contribution is -0.114. The summed E-state index contributed by atoms with van der Waals surface area (Å²) in [4.78, 5) is 12.9. The quantitative estimate of drug-likeness (QED) is 0.425. The normalized spacial score (nSPS) is 11.3. The number of anilines is 2. The van der Waals surface area contributed by atoms with E-state index in [0.717, 1.165) is 22.1 Å². The number of benzene rings is 3. The van der Waals surface area contributed by atoms with Crippen molar-refractivity contribution in [2.75, 3.05) is 16.2 Å². The molecule has 0 aliphatic carbocycles. The second kappa shape index (κ2) is 9.48. The number of amides is 1. The first-order valence-corrected chi connectivity index (χ1v) is 12.0. The highest BCUT2D eigenvalue weighted by Crippen LogP contribution is 2.26. The zero-order valence-corrected chi connectivity index (χ0v) is 19.5. The molecule has 7 nitrogen and oxygen atoms in total. The summed E-state index contributed by atoms with van der Waals surface area (Å²) in [7, 11) is -4.13. The van der Waals surface area contributed by atoms with E-state index in [-0.39, 0.29) is 4.90 Å². The first kappa shape index (κ1) is 23.2. The van der Waals surface area contributed by atoms with Gasteiger partial charge in [-0.3, -0.25) is 9.10 Å². The number of nitrogens with one attached hydrogen (secondary N) is 1. The Labute approximate surface area is 197 Å². The van der Waals surface area contributed by atoms with Crippen molar-refractivity contribution in [1.29, 1.82) is 0 Å². The second-order valence-electron chi connectivity index (χ2n) is 7.64. The third kappa shape index (κ3) is 4.69. The van der Waals surface area contributed by atoms with E-state index in [1.807, 2.05) is 37.3 Å². The number of carbonyl (C=O) groups excluding carboxylic acids is 1. The summed E-state index contributed by atoms with van der Waals surface area (Å²) < 4.78 is 42.8. The Kier molecular flexibility index (Phi) is 6.47. The molecule has 0 atom stereocenters. The van der Waals surface area contributed by atoms with Crippen molar-refractivity contribution >= 4 is 27.3 Å². The van der Waals surface area contributed by atoms with E-state index in [2.05, 4.69) is 10.4 Å². The molecule has 1 heterocycles. The molecule has 4 rings (SSSR count). The van der Waals surface area contributed by atoms with Gasteiger partial charge in [-0.05, 0) is 62.4 Å². The molecule has 1 N–H and O–H groups in total. The minimum absolute atomic E-state index is 0.116. The molecule has 0 bridgehead atoms. The van der Waals surface area contributed by atoms with Crippen LogP contribution in [-0.4, -0.2) is 30.7 Å². The zero-order valence-electron chi connectivity index (χ0n) is 18.6. The molecule has 0 radical (unpaired) electrons. The highest BCUT2D eigenvalue weighted by atomic mass is 32.2. The van der Waals surface area contributed by atoms with Crippen molar-refractivity contribution in [2.45, 2.75) is 18.7 Å². The molecular formula is C25H23FN4O3S. The fourth-order valence-electron chi connectivity index (χ4n) is 3.60. The average molecular weight is 479 g/mol. The molecule has 0 fully saturated rings. The lowest BCUT2D eigenvalue weighted by atomic mass is 10.3. The van der Waals surface area contributed by atoms with Gasteiger partial charge in [-0.1, -0.05) is 36.4 Å². The number of para-hydroxylation sites is 2. The molecule has 0 aliphatic heterocycles. The highest BCUT2D eigenvalue weighted by Gasteiger charge is 2.28. The van der Waals surface area contributed by atoms with Gasteiger partial charge >= 0.3 is 0 Å². The first-order chi connectivity index (χ1) is 16.3. The number of hydrogen-bond acceptors (Lipinski definition) is 4. The van der Waals surface area contributed by atoms with Crippen LogP contribution >= 0.6 is 0 Å². The first-order valence-electron chi connectivity index (χ1n) is 10.5.